The maximum atomic E-state index is 12.3. The highest BCUT2D eigenvalue weighted by molar-refractivity contribution is 9.10. The summed E-state index contributed by atoms with van der Waals surface area (Å²) in [6, 6.07) is 9.52. The minimum Gasteiger partial charge on any atom is -0.478 e. The summed E-state index contributed by atoms with van der Waals surface area (Å²) in [5.41, 5.74) is 1.70. The van der Waals surface area contributed by atoms with Gasteiger partial charge in [-0.05, 0) is 53.2 Å². The number of aromatic carboxylic acids is 1. The van der Waals surface area contributed by atoms with Crippen LogP contribution in [-0.4, -0.2) is 17.0 Å². The van der Waals surface area contributed by atoms with E-state index in [4.69, 9.17) is 16.7 Å². The van der Waals surface area contributed by atoms with E-state index in [2.05, 4.69) is 21.2 Å². The summed E-state index contributed by atoms with van der Waals surface area (Å²) < 4.78 is 0.649. The summed E-state index contributed by atoms with van der Waals surface area (Å²) in [5.74, 6) is -1.45. The molecule has 0 unspecified atom stereocenters. The van der Waals surface area contributed by atoms with Gasteiger partial charge in [0.1, 0.15) is 0 Å². The standard InChI is InChI=1S/C15H11BrClNO3/c1-8-2-4-11(16)10(6-8)14(19)18-13-7-9(15(20)21)3-5-12(13)17/h2-7H,1H3,(H,18,19)(H,20,21). The van der Waals surface area contributed by atoms with E-state index in [9.17, 15) is 9.59 Å². The van der Waals surface area contributed by atoms with Crippen molar-refractivity contribution in [3.63, 3.8) is 0 Å². The highest BCUT2D eigenvalue weighted by atomic mass is 79.9. The quantitative estimate of drug-likeness (QED) is 0.846. The van der Waals surface area contributed by atoms with Crippen LogP contribution in [0.25, 0.3) is 0 Å². The van der Waals surface area contributed by atoms with Gasteiger partial charge in [0.2, 0.25) is 0 Å². The van der Waals surface area contributed by atoms with Crippen LogP contribution in [-0.2, 0) is 0 Å². The van der Waals surface area contributed by atoms with Crippen LogP contribution in [0.1, 0.15) is 26.3 Å². The third kappa shape index (κ3) is 3.62. The molecule has 4 nitrogen and oxygen atoms in total. The highest BCUT2D eigenvalue weighted by Gasteiger charge is 2.14. The van der Waals surface area contributed by atoms with Crippen molar-refractivity contribution in [3.8, 4) is 0 Å². The predicted octanol–water partition coefficient (Wildman–Crippen LogP) is 4.36. The van der Waals surface area contributed by atoms with Gasteiger partial charge in [0.05, 0.1) is 21.8 Å². The molecule has 0 atom stereocenters. The Bertz CT molecular complexity index is 731. The van der Waals surface area contributed by atoms with Crippen LogP contribution in [0.3, 0.4) is 0 Å². The van der Waals surface area contributed by atoms with Gasteiger partial charge in [-0.25, -0.2) is 4.79 Å². The third-order valence-electron chi connectivity index (χ3n) is 2.83. The van der Waals surface area contributed by atoms with Crippen molar-refractivity contribution >= 4 is 45.1 Å². The van der Waals surface area contributed by atoms with Crippen LogP contribution >= 0.6 is 27.5 Å². The number of anilines is 1. The van der Waals surface area contributed by atoms with Gasteiger partial charge in [0.25, 0.3) is 5.91 Å². The van der Waals surface area contributed by atoms with E-state index in [0.29, 0.717) is 10.0 Å². The van der Waals surface area contributed by atoms with Gasteiger partial charge in [0.15, 0.2) is 0 Å². The Labute approximate surface area is 134 Å². The molecule has 2 aromatic rings. The van der Waals surface area contributed by atoms with Crippen LogP contribution in [0.2, 0.25) is 5.02 Å². The fourth-order valence-electron chi connectivity index (χ4n) is 1.76. The second kappa shape index (κ2) is 6.28. The van der Waals surface area contributed by atoms with Gasteiger partial charge < -0.3 is 10.4 Å². The molecule has 0 aromatic heterocycles. The lowest BCUT2D eigenvalue weighted by Gasteiger charge is -2.10. The molecule has 0 bridgehead atoms. The minimum absolute atomic E-state index is 0.0537. The Morgan fingerprint density at radius 1 is 1.19 bits per heavy atom. The minimum atomic E-state index is -1.08. The van der Waals surface area contributed by atoms with Crippen molar-refractivity contribution in [3.05, 3.63) is 62.6 Å². The number of benzene rings is 2. The lowest BCUT2D eigenvalue weighted by atomic mass is 10.1. The van der Waals surface area contributed by atoms with Crippen LogP contribution < -0.4 is 5.32 Å². The molecule has 0 aliphatic carbocycles. The first-order chi connectivity index (χ1) is 9.88. The second-order valence-corrected chi connectivity index (χ2v) is 5.70. The Kier molecular flexibility index (Phi) is 4.65. The van der Waals surface area contributed by atoms with Gasteiger partial charge in [-0.2, -0.15) is 0 Å². The molecule has 2 N–H and O–H groups in total. The summed E-state index contributed by atoms with van der Waals surface area (Å²) in [4.78, 5) is 23.2. The first-order valence-electron chi connectivity index (χ1n) is 5.99. The first kappa shape index (κ1) is 15.5. The Balaban J connectivity index is 2.33. The van der Waals surface area contributed by atoms with Gasteiger partial charge >= 0.3 is 5.97 Å². The molecule has 0 saturated carbocycles. The number of carboxylic acid groups (broad SMARTS) is 1. The molecular formula is C15H11BrClNO3. The monoisotopic (exact) mass is 367 g/mol. The second-order valence-electron chi connectivity index (χ2n) is 4.44. The fourth-order valence-corrected chi connectivity index (χ4v) is 2.35. The molecule has 0 aliphatic heterocycles. The van der Waals surface area contributed by atoms with E-state index in [0.717, 1.165) is 5.56 Å². The highest BCUT2D eigenvalue weighted by Crippen LogP contribution is 2.25. The Morgan fingerprint density at radius 2 is 1.90 bits per heavy atom. The predicted molar refractivity (Wildman–Crippen MR) is 85.2 cm³/mol. The number of hydrogen-bond donors (Lipinski definition) is 2. The molecule has 0 aliphatic rings. The van der Waals surface area contributed by atoms with Crippen molar-refractivity contribution < 1.29 is 14.7 Å². The molecule has 1 amide bonds. The summed E-state index contributed by atoms with van der Waals surface area (Å²) in [5, 5.41) is 11.9. The number of carbonyl (C=O) groups excluding carboxylic acids is 1. The van der Waals surface area contributed by atoms with Gasteiger partial charge in [-0.15, -0.1) is 0 Å². The first-order valence-corrected chi connectivity index (χ1v) is 7.16. The fraction of sp³-hybridized carbons (Fsp3) is 0.0667. The number of halogens is 2. The van der Waals surface area contributed by atoms with Gasteiger partial charge in [-0.1, -0.05) is 23.2 Å². The van der Waals surface area contributed by atoms with Crippen molar-refractivity contribution in [2.24, 2.45) is 0 Å². The Hall–Kier alpha value is -1.85. The average molecular weight is 369 g/mol. The van der Waals surface area contributed by atoms with Crippen molar-refractivity contribution in [2.75, 3.05) is 5.32 Å². The van der Waals surface area contributed by atoms with Crippen LogP contribution in [0.5, 0.6) is 0 Å². The largest absolute Gasteiger partial charge is 0.478 e. The molecule has 0 fully saturated rings. The summed E-state index contributed by atoms with van der Waals surface area (Å²) >= 11 is 9.30. The van der Waals surface area contributed by atoms with Gasteiger partial charge in [-0.3, -0.25) is 4.79 Å². The number of amides is 1. The van der Waals surface area contributed by atoms with Crippen molar-refractivity contribution in [1.82, 2.24) is 0 Å². The maximum absolute atomic E-state index is 12.3. The zero-order chi connectivity index (χ0) is 15.6. The molecule has 0 spiro atoms. The molecule has 0 heterocycles. The van der Waals surface area contributed by atoms with Crippen LogP contribution in [0.15, 0.2) is 40.9 Å². The summed E-state index contributed by atoms with van der Waals surface area (Å²) in [6.07, 6.45) is 0. The number of rotatable bonds is 3. The zero-order valence-corrected chi connectivity index (χ0v) is 13.3. The number of nitrogens with one attached hydrogen (secondary N) is 1. The van der Waals surface area contributed by atoms with E-state index < -0.39 is 5.97 Å². The summed E-state index contributed by atoms with van der Waals surface area (Å²) in [7, 11) is 0. The molecular weight excluding hydrogens is 358 g/mol. The van der Waals surface area contributed by atoms with E-state index in [1.165, 1.54) is 18.2 Å². The van der Waals surface area contributed by atoms with E-state index in [-0.39, 0.29) is 22.2 Å². The molecule has 21 heavy (non-hydrogen) atoms. The average Bonchev–Trinajstić information content (AvgIpc) is 2.43. The smallest absolute Gasteiger partial charge is 0.335 e. The topological polar surface area (TPSA) is 66.4 Å². The SMILES string of the molecule is Cc1ccc(Br)c(C(=O)Nc2cc(C(=O)O)ccc2Cl)c1. The van der Waals surface area contributed by atoms with Crippen LogP contribution in [0, 0.1) is 6.92 Å². The lowest BCUT2D eigenvalue weighted by Crippen LogP contribution is -2.13. The Morgan fingerprint density at radius 3 is 2.57 bits per heavy atom. The molecule has 0 radical (unpaired) electrons. The van der Waals surface area contributed by atoms with E-state index >= 15 is 0 Å². The van der Waals surface area contributed by atoms with E-state index in [1.54, 1.807) is 12.1 Å². The third-order valence-corrected chi connectivity index (χ3v) is 3.85. The van der Waals surface area contributed by atoms with Crippen molar-refractivity contribution in [2.45, 2.75) is 6.92 Å². The molecule has 2 aromatic carbocycles. The number of carboxylic acids is 1. The zero-order valence-electron chi connectivity index (χ0n) is 11.0. The lowest BCUT2D eigenvalue weighted by molar-refractivity contribution is 0.0696. The van der Waals surface area contributed by atoms with Gasteiger partial charge in [0, 0.05) is 4.47 Å². The molecule has 0 saturated heterocycles. The normalized spacial score (nSPS) is 10.2. The number of hydrogen-bond acceptors (Lipinski definition) is 2. The molecule has 6 heteroatoms. The van der Waals surface area contributed by atoms with Crippen molar-refractivity contribution in [1.29, 1.82) is 0 Å². The summed E-state index contributed by atoms with van der Waals surface area (Å²) in [6.45, 7) is 1.88. The molecule has 2 rings (SSSR count). The molecule has 108 valence electrons. The van der Waals surface area contributed by atoms with Crippen LogP contribution in [0.4, 0.5) is 5.69 Å². The number of carbonyl (C=O) groups is 2. The maximum Gasteiger partial charge on any atom is 0.335 e. The van der Waals surface area contributed by atoms with E-state index in [1.807, 2.05) is 13.0 Å². The number of aryl methyl sites for hydroxylation is 1.